The van der Waals surface area contributed by atoms with Crippen LogP contribution in [0.1, 0.15) is 58.8 Å². The zero-order chi connectivity index (χ0) is 21.1. The average Bonchev–Trinajstić information content (AvgIpc) is 3.35. The number of ketones is 1. The Morgan fingerprint density at radius 3 is 2.67 bits per heavy atom. The van der Waals surface area contributed by atoms with E-state index < -0.39 is 5.60 Å². The molecule has 0 radical (unpaired) electrons. The molecule has 6 rings (SSSR count). The molecule has 0 amide bonds. The Hall–Kier alpha value is -1.69. The summed E-state index contributed by atoms with van der Waals surface area (Å²) in [4.78, 5) is 37.4. The van der Waals surface area contributed by atoms with E-state index in [0.717, 1.165) is 31.3 Å². The van der Waals surface area contributed by atoms with Gasteiger partial charge in [0.1, 0.15) is 11.4 Å². The van der Waals surface area contributed by atoms with Crippen LogP contribution in [-0.2, 0) is 28.6 Å². The van der Waals surface area contributed by atoms with Gasteiger partial charge in [-0.25, -0.2) is 0 Å². The van der Waals surface area contributed by atoms with Crippen LogP contribution in [0.15, 0.2) is 11.6 Å². The lowest BCUT2D eigenvalue weighted by atomic mass is 9.45. The third-order valence-electron chi connectivity index (χ3n) is 10.1. The summed E-state index contributed by atoms with van der Waals surface area (Å²) in [6.45, 7) is 4.52. The van der Waals surface area contributed by atoms with Crippen LogP contribution in [0.25, 0.3) is 0 Å². The predicted octanol–water partition coefficient (Wildman–Crippen LogP) is 2.98. The van der Waals surface area contributed by atoms with Crippen molar-refractivity contribution in [1.82, 2.24) is 0 Å². The van der Waals surface area contributed by atoms with E-state index in [4.69, 9.17) is 14.2 Å². The van der Waals surface area contributed by atoms with Crippen LogP contribution in [-0.4, -0.2) is 42.6 Å². The molecule has 4 unspecified atom stereocenters. The minimum atomic E-state index is -0.465. The summed E-state index contributed by atoms with van der Waals surface area (Å²) in [5, 5.41) is 0. The summed E-state index contributed by atoms with van der Waals surface area (Å²) in [6, 6.07) is 0. The molecule has 6 aliphatic rings. The molecule has 6 heteroatoms. The molecular formula is C24H30O6. The zero-order valence-electron chi connectivity index (χ0n) is 17.9. The molecule has 2 saturated heterocycles. The average molecular weight is 414 g/mol. The summed E-state index contributed by atoms with van der Waals surface area (Å²) >= 11 is 0. The molecule has 30 heavy (non-hydrogen) atoms. The molecule has 0 aromatic rings. The van der Waals surface area contributed by atoms with Gasteiger partial charge in [-0.2, -0.15) is 0 Å². The Bertz CT molecular complexity index is 892. The second kappa shape index (κ2) is 5.76. The van der Waals surface area contributed by atoms with Gasteiger partial charge >= 0.3 is 11.9 Å². The molecule has 3 saturated carbocycles. The Morgan fingerprint density at radius 1 is 1.17 bits per heavy atom. The fourth-order valence-corrected chi connectivity index (χ4v) is 8.53. The number of ether oxygens (including phenoxy) is 3. The van der Waals surface area contributed by atoms with Crippen molar-refractivity contribution in [3.63, 3.8) is 0 Å². The molecule has 5 fully saturated rings. The minimum absolute atomic E-state index is 0.0552. The monoisotopic (exact) mass is 414 g/mol. The van der Waals surface area contributed by atoms with Gasteiger partial charge < -0.3 is 14.2 Å². The number of rotatable bonds is 1. The first-order valence-electron chi connectivity index (χ1n) is 11.4. The summed E-state index contributed by atoms with van der Waals surface area (Å²) in [7, 11) is 1.45. The van der Waals surface area contributed by atoms with Gasteiger partial charge in [0, 0.05) is 30.6 Å². The van der Waals surface area contributed by atoms with Crippen molar-refractivity contribution in [3.05, 3.63) is 11.6 Å². The largest absolute Gasteiger partial charge is 0.469 e. The zero-order valence-corrected chi connectivity index (χ0v) is 17.9. The number of allylic oxidation sites excluding steroid dienone is 1. The Morgan fingerprint density at radius 2 is 1.97 bits per heavy atom. The number of carbonyl (C=O) groups excluding carboxylic acids is 3. The number of epoxide rings is 1. The smallest absolute Gasteiger partial charge is 0.312 e. The van der Waals surface area contributed by atoms with Gasteiger partial charge in [-0.1, -0.05) is 25.5 Å². The topological polar surface area (TPSA) is 82.2 Å². The fraction of sp³-hybridized carbons (Fsp3) is 0.792. The highest BCUT2D eigenvalue weighted by atomic mass is 16.6. The van der Waals surface area contributed by atoms with Gasteiger partial charge in [-0.15, -0.1) is 0 Å². The Kier molecular flexibility index (Phi) is 3.65. The number of Topliss-reactive ketones (excluding diaryl/α,β-unsaturated/α-hetero) is 1. The van der Waals surface area contributed by atoms with Crippen LogP contribution in [0.5, 0.6) is 0 Å². The lowest BCUT2D eigenvalue weighted by molar-refractivity contribution is -0.170. The van der Waals surface area contributed by atoms with Gasteiger partial charge in [0.05, 0.1) is 25.2 Å². The number of fused-ring (bicyclic) bond motifs is 9. The molecule has 0 bridgehead atoms. The maximum atomic E-state index is 13.0. The Labute approximate surface area is 176 Å². The van der Waals surface area contributed by atoms with Crippen LogP contribution < -0.4 is 0 Å². The molecular weight excluding hydrogens is 384 g/mol. The number of hydrogen-bond donors (Lipinski definition) is 0. The summed E-state index contributed by atoms with van der Waals surface area (Å²) < 4.78 is 17.7. The maximum Gasteiger partial charge on any atom is 0.312 e. The second-order valence-electron chi connectivity index (χ2n) is 10.9. The van der Waals surface area contributed by atoms with Crippen LogP contribution in [0.3, 0.4) is 0 Å². The van der Waals surface area contributed by atoms with Crippen molar-refractivity contribution in [3.8, 4) is 0 Å². The third kappa shape index (κ3) is 2.07. The molecule has 0 aromatic carbocycles. The number of carbonyl (C=O) groups is 3. The van der Waals surface area contributed by atoms with Crippen LogP contribution in [0, 0.1) is 34.5 Å². The highest BCUT2D eigenvalue weighted by molar-refractivity contribution is 5.84. The van der Waals surface area contributed by atoms with Crippen molar-refractivity contribution in [1.29, 1.82) is 0 Å². The van der Waals surface area contributed by atoms with Crippen LogP contribution >= 0.6 is 0 Å². The molecule has 1 spiro atoms. The van der Waals surface area contributed by atoms with Crippen molar-refractivity contribution in [2.75, 3.05) is 7.11 Å². The lowest BCUT2D eigenvalue weighted by Crippen LogP contribution is -2.61. The summed E-state index contributed by atoms with van der Waals surface area (Å²) in [5.74, 6) is 0.0844. The van der Waals surface area contributed by atoms with Crippen LogP contribution in [0.2, 0.25) is 0 Å². The van der Waals surface area contributed by atoms with E-state index in [0.29, 0.717) is 19.3 Å². The van der Waals surface area contributed by atoms with E-state index in [2.05, 4.69) is 19.9 Å². The Balaban J connectivity index is 1.49. The molecule has 9 atom stereocenters. The molecule has 0 aromatic heterocycles. The predicted molar refractivity (Wildman–Crippen MR) is 105 cm³/mol. The van der Waals surface area contributed by atoms with Gasteiger partial charge in [-0.05, 0) is 42.9 Å². The lowest BCUT2D eigenvalue weighted by Gasteiger charge is -2.57. The van der Waals surface area contributed by atoms with Crippen LogP contribution in [0.4, 0.5) is 0 Å². The van der Waals surface area contributed by atoms with Crippen molar-refractivity contribution >= 4 is 17.7 Å². The number of methoxy groups -OCH3 is 1. The molecule has 162 valence electrons. The highest BCUT2D eigenvalue weighted by Gasteiger charge is 2.79. The van der Waals surface area contributed by atoms with E-state index in [9.17, 15) is 14.4 Å². The van der Waals surface area contributed by atoms with Gasteiger partial charge in [0.15, 0.2) is 0 Å². The normalized spacial score (nSPS) is 53.2. The van der Waals surface area contributed by atoms with Crippen molar-refractivity contribution in [2.24, 2.45) is 34.5 Å². The standard InChI is InChI=1S/C24H30O6/c1-22-7-4-13(25)10-12(22)11-14(21(27)28-3)17-15-5-8-24(9-6-16(26)30-24)23(15,2)20-19(29-20)18(17)22/h11,14-15,17-20H,4-10H2,1-3H3/t14-,15?,17?,18?,19+,20?,22+,23-,24-/m1/s1. The molecule has 2 heterocycles. The van der Waals surface area contributed by atoms with E-state index in [-0.39, 0.29) is 64.4 Å². The SMILES string of the molecule is COC(=O)[C@@H]1C=C2CC(=O)CC[C@]2(C)C2C1C1CC[C@@]3(CCC(=O)O3)[C@@]1(C)C1O[C@H]12. The first kappa shape index (κ1) is 19.0. The van der Waals surface area contributed by atoms with E-state index >= 15 is 0 Å². The summed E-state index contributed by atoms with van der Waals surface area (Å²) in [5.41, 5.74) is 0.246. The number of hydrogen-bond acceptors (Lipinski definition) is 6. The molecule has 2 aliphatic heterocycles. The summed E-state index contributed by atoms with van der Waals surface area (Å²) in [6.07, 6.45) is 7.04. The molecule has 0 N–H and O–H groups in total. The second-order valence-corrected chi connectivity index (χ2v) is 10.9. The molecule has 6 nitrogen and oxygen atoms in total. The van der Waals surface area contributed by atoms with E-state index in [1.54, 1.807) is 0 Å². The fourth-order valence-electron chi connectivity index (χ4n) is 8.53. The highest BCUT2D eigenvalue weighted by Crippen LogP contribution is 2.74. The van der Waals surface area contributed by atoms with E-state index in [1.165, 1.54) is 7.11 Å². The minimum Gasteiger partial charge on any atom is -0.469 e. The maximum absolute atomic E-state index is 13.0. The first-order valence-corrected chi connectivity index (χ1v) is 11.4. The van der Waals surface area contributed by atoms with Crippen molar-refractivity contribution < 1.29 is 28.6 Å². The van der Waals surface area contributed by atoms with Gasteiger partial charge in [0.2, 0.25) is 0 Å². The first-order chi connectivity index (χ1) is 14.2. The van der Waals surface area contributed by atoms with Crippen molar-refractivity contribution in [2.45, 2.75) is 76.6 Å². The quantitative estimate of drug-likeness (QED) is 0.373. The number of esters is 2. The third-order valence-corrected chi connectivity index (χ3v) is 10.1. The van der Waals surface area contributed by atoms with Gasteiger partial charge in [0.25, 0.3) is 0 Å². The molecule has 4 aliphatic carbocycles. The van der Waals surface area contributed by atoms with E-state index in [1.807, 2.05) is 0 Å². The van der Waals surface area contributed by atoms with Gasteiger partial charge in [-0.3, -0.25) is 14.4 Å².